The summed E-state index contributed by atoms with van der Waals surface area (Å²) in [5.41, 5.74) is 0. The van der Waals surface area contributed by atoms with Crippen LogP contribution < -0.4 is 5.32 Å². The van der Waals surface area contributed by atoms with Crippen LogP contribution in [0.25, 0.3) is 0 Å². The minimum Gasteiger partial charge on any atom is -0.394 e. The summed E-state index contributed by atoms with van der Waals surface area (Å²) >= 11 is 0. The molecular formula is C35H65NO4. The maximum atomic E-state index is 12.3. The molecule has 40 heavy (non-hydrogen) atoms. The fraction of sp³-hybridized carbons (Fsp3) is 0.800. The van der Waals surface area contributed by atoms with Crippen LogP contribution >= 0.6 is 0 Å². The van der Waals surface area contributed by atoms with Crippen LogP contribution in [0.2, 0.25) is 0 Å². The van der Waals surface area contributed by atoms with Gasteiger partial charge in [0.2, 0.25) is 5.91 Å². The first-order valence-corrected chi connectivity index (χ1v) is 16.8. The van der Waals surface area contributed by atoms with Crippen LogP contribution in [0.3, 0.4) is 0 Å². The van der Waals surface area contributed by atoms with Gasteiger partial charge in [-0.1, -0.05) is 140 Å². The van der Waals surface area contributed by atoms with E-state index < -0.39 is 24.2 Å². The Bertz CT molecular complexity index is 631. The number of carbonyl (C=O) groups is 1. The zero-order valence-corrected chi connectivity index (χ0v) is 26.2. The van der Waals surface area contributed by atoms with E-state index in [1.165, 1.54) is 89.9 Å². The van der Waals surface area contributed by atoms with Crippen LogP contribution in [0.1, 0.15) is 155 Å². The number of unbranched alkanes of at least 4 members (excludes halogenated alkanes) is 17. The van der Waals surface area contributed by atoms with E-state index in [0.717, 1.165) is 44.9 Å². The lowest BCUT2D eigenvalue weighted by Gasteiger charge is -2.21. The van der Waals surface area contributed by atoms with Crippen molar-refractivity contribution in [1.82, 2.24) is 5.32 Å². The fourth-order valence-corrected chi connectivity index (χ4v) is 4.74. The van der Waals surface area contributed by atoms with Crippen LogP contribution in [0.15, 0.2) is 36.5 Å². The Morgan fingerprint density at radius 3 is 1.62 bits per heavy atom. The molecule has 0 spiro atoms. The molecule has 5 heteroatoms. The molecule has 0 fully saturated rings. The van der Waals surface area contributed by atoms with E-state index in [1.54, 1.807) is 6.08 Å². The van der Waals surface area contributed by atoms with E-state index in [4.69, 9.17) is 0 Å². The molecule has 0 aromatic heterocycles. The molecule has 0 heterocycles. The van der Waals surface area contributed by atoms with E-state index in [0.29, 0.717) is 6.42 Å². The third-order valence-electron chi connectivity index (χ3n) is 7.48. The first-order valence-electron chi connectivity index (χ1n) is 16.8. The average Bonchev–Trinajstić information content (AvgIpc) is 2.96. The number of amides is 1. The number of aliphatic hydroxyl groups is 3. The highest BCUT2D eigenvalue weighted by Crippen LogP contribution is 2.12. The van der Waals surface area contributed by atoms with Crippen LogP contribution in [0.4, 0.5) is 0 Å². The van der Waals surface area contributed by atoms with E-state index in [-0.39, 0.29) is 6.61 Å². The first-order chi connectivity index (χ1) is 19.6. The Morgan fingerprint density at radius 2 is 1.07 bits per heavy atom. The predicted molar refractivity (Wildman–Crippen MR) is 171 cm³/mol. The summed E-state index contributed by atoms with van der Waals surface area (Å²) in [6.07, 6.45) is 35.8. The lowest BCUT2D eigenvalue weighted by Crippen LogP contribution is -2.48. The van der Waals surface area contributed by atoms with Crippen LogP contribution in [-0.4, -0.2) is 46.1 Å². The minimum atomic E-state index is -1.10. The molecule has 0 radical (unpaired) electrons. The molecule has 0 bridgehead atoms. The summed E-state index contributed by atoms with van der Waals surface area (Å²) in [5.74, 6) is -0.517. The Morgan fingerprint density at radius 1 is 0.625 bits per heavy atom. The average molecular weight is 564 g/mol. The second-order valence-corrected chi connectivity index (χ2v) is 11.4. The number of aliphatic hydroxyl groups excluding tert-OH is 3. The highest BCUT2D eigenvalue weighted by molar-refractivity contribution is 5.80. The maximum Gasteiger partial charge on any atom is 0.249 e. The number of nitrogens with one attached hydrogen (secondary N) is 1. The van der Waals surface area contributed by atoms with Crippen molar-refractivity contribution in [3.63, 3.8) is 0 Å². The lowest BCUT2D eigenvalue weighted by atomic mass is 10.0. The van der Waals surface area contributed by atoms with Gasteiger partial charge in [-0.2, -0.15) is 0 Å². The number of allylic oxidation sites excluding steroid dienone is 5. The first kappa shape index (κ1) is 38.6. The van der Waals surface area contributed by atoms with Crippen molar-refractivity contribution in [3.05, 3.63) is 36.5 Å². The molecule has 0 aliphatic carbocycles. The third kappa shape index (κ3) is 25.5. The molecular weight excluding hydrogens is 498 g/mol. The molecule has 1 amide bonds. The number of hydrogen-bond acceptors (Lipinski definition) is 4. The largest absolute Gasteiger partial charge is 0.394 e. The smallest absolute Gasteiger partial charge is 0.249 e. The molecule has 3 unspecified atom stereocenters. The van der Waals surface area contributed by atoms with Gasteiger partial charge in [0.1, 0.15) is 6.10 Å². The van der Waals surface area contributed by atoms with Gasteiger partial charge in [0.25, 0.3) is 0 Å². The molecule has 0 aromatic rings. The van der Waals surface area contributed by atoms with Gasteiger partial charge in [0.15, 0.2) is 0 Å². The molecule has 0 aliphatic heterocycles. The monoisotopic (exact) mass is 563 g/mol. The van der Waals surface area contributed by atoms with E-state index in [2.05, 4.69) is 43.5 Å². The van der Waals surface area contributed by atoms with Gasteiger partial charge in [0, 0.05) is 0 Å². The molecule has 0 saturated heterocycles. The van der Waals surface area contributed by atoms with Gasteiger partial charge in [0.05, 0.1) is 18.8 Å². The Labute approximate surface area is 247 Å². The summed E-state index contributed by atoms with van der Waals surface area (Å²) < 4.78 is 0. The molecule has 0 rings (SSSR count). The molecule has 0 aliphatic rings. The Hall–Kier alpha value is -1.43. The van der Waals surface area contributed by atoms with Gasteiger partial charge in [-0.25, -0.2) is 0 Å². The molecule has 4 N–H and O–H groups in total. The highest BCUT2D eigenvalue weighted by atomic mass is 16.3. The minimum absolute atomic E-state index is 0.368. The van der Waals surface area contributed by atoms with Crippen LogP contribution in [-0.2, 0) is 4.79 Å². The van der Waals surface area contributed by atoms with Crippen LogP contribution in [0.5, 0.6) is 0 Å². The zero-order chi connectivity index (χ0) is 29.5. The highest BCUT2D eigenvalue weighted by Gasteiger charge is 2.22. The number of carbonyl (C=O) groups excluding carboxylic acids is 1. The Balaban J connectivity index is 3.81. The third-order valence-corrected chi connectivity index (χ3v) is 7.48. The van der Waals surface area contributed by atoms with Gasteiger partial charge in [-0.15, -0.1) is 0 Å². The number of rotatable bonds is 29. The van der Waals surface area contributed by atoms with Crippen molar-refractivity contribution in [2.75, 3.05) is 6.61 Å². The topological polar surface area (TPSA) is 89.8 Å². The van der Waals surface area contributed by atoms with Gasteiger partial charge in [-0.05, 0) is 51.4 Å². The van der Waals surface area contributed by atoms with Gasteiger partial charge >= 0.3 is 0 Å². The SMILES string of the molecule is CCCCC/C=C\C/C=C\CCCCCCCCC(O)C(=O)NC(CO)C(O)/C=C/CCCCCCCCCC. The van der Waals surface area contributed by atoms with E-state index in [1.807, 2.05) is 6.08 Å². The van der Waals surface area contributed by atoms with E-state index in [9.17, 15) is 20.1 Å². The number of hydrogen-bond donors (Lipinski definition) is 4. The second-order valence-electron chi connectivity index (χ2n) is 11.4. The summed E-state index contributed by atoms with van der Waals surface area (Å²) in [4.78, 5) is 12.3. The molecule has 234 valence electrons. The van der Waals surface area contributed by atoms with Crippen molar-refractivity contribution in [1.29, 1.82) is 0 Å². The molecule has 5 nitrogen and oxygen atoms in total. The Kier molecular flexibility index (Phi) is 29.4. The predicted octanol–water partition coefficient (Wildman–Crippen LogP) is 8.48. The normalized spacial score (nSPS) is 14.4. The van der Waals surface area contributed by atoms with Crippen molar-refractivity contribution in [2.45, 2.75) is 173 Å². The molecule has 0 saturated carbocycles. The summed E-state index contributed by atoms with van der Waals surface area (Å²) in [6.45, 7) is 4.10. The second kappa shape index (κ2) is 30.5. The van der Waals surface area contributed by atoms with Gasteiger partial charge < -0.3 is 20.6 Å². The molecule has 3 atom stereocenters. The standard InChI is InChI=1S/C35H65NO4/c1-3-5-7-9-11-13-15-16-17-18-19-20-22-24-26-28-30-34(39)35(40)36-32(31-37)33(38)29-27-25-23-21-14-12-10-8-6-4-2/h11,13,16-17,27,29,32-34,37-39H,3-10,12,14-15,18-26,28,30-31H2,1-2H3,(H,36,40)/b13-11-,17-16-,29-27+. The van der Waals surface area contributed by atoms with Crippen molar-refractivity contribution in [2.24, 2.45) is 0 Å². The summed E-state index contributed by atoms with van der Waals surface area (Å²) in [5, 5.41) is 32.8. The van der Waals surface area contributed by atoms with Crippen molar-refractivity contribution in [3.8, 4) is 0 Å². The van der Waals surface area contributed by atoms with Crippen molar-refractivity contribution >= 4 is 5.91 Å². The maximum absolute atomic E-state index is 12.3. The van der Waals surface area contributed by atoms with Crippen molar-refractivity contribution < 1.29 is 20.1 Å². The summed E-state index contributed by atoms with van der Waals surface area (Å²) in [6, 6.07) is -0.798. The van der Waals surface area contributed by atoms with Gasteiger partial charge in [-0.3, -0.25) is 4.79 Å². The fourth-order valence-electron chi connectivity index (χ4n) is 4.74. The zero-order valence-electron chi connectivity index (χ0n) is 26.2. The summed E-state index contributed by atoms with van der Waals surface area (Å²) in [7, 11) is 0. The van der Waals surface area contributed by atoms with Crippen LogP contribution in [0, 0.1) is 0 Å². The lowest BCUT2D eigenvalue weighted by molar-refractivity contribution is -0.131. The molecule has 0 aromatic carbocycles. The van der Waals surface area contributed by atoms with E-state index >= 15 is 0 Å². The quantitative estimate of drug-likeness (QED) is 0.0543.